The van der Waals surface area contributed by atoms with Gasteiger partial charge in [0.1, 0.15) is 0 Å². The van der Waals surface area contributed by atoms with Gasteiger partial charge < -0.3 is 10.6 Å². The zero-order valence-corrected chi connectivity index (χ0v) is 10.9. The number of hydrogen-bond acceptors (Lipinski definition) is 2. The van der Waals surface area contributed by atoms with E-state index >= 15 is 0 Å². The smallest absolute Gasteiger partial charge is 0.254 e. The number of amides is 1. The van der Waals surface area contributed by atoms with E-state index in [4.69, 9.17) is 5.73 Å². The Labute approximate surface area is 112 Å². The Morgan fingerprint density at radius 3 is 2.79 bits per heavy atom. The molecule has 1 heterocycles. The maximum atomic E-state index is 12.3. The summed E-state index contributed by atoms with van der Waals surface area (Å²) in [4.78, 5) is 14.2. The predicted octanol–water partition coefficient (Wildman–Crippen LogP) is 2.73. The summed E-state index contributed by atoms with van der Waals surface area (Å²) in [6, 6.07) is 13.7. The van der Waals surface area contributed by atoms with E-state index in [1.165, 1.54) is 11.1 Å². The van der Waals surface area contributed by atoms with Gasteiger partial charge in [0.05, 0.1) is 0 Å². The van der Waals surface area contributed by atoms with Crippen molar-refractivity contribution in [2.75, 3.05) is 5.73 Å². The first-order valence-corrected chi connectivity index (χ1v) is 6.37. The molecule has 1 amide bonds. The standard InChI is InChI=1S/C16H16N2O/c1-11-4-2-3-5-12(11)9-18-10-13-6-7-14(17)8-15(13)16(18)19/h2-8H,9-10,17H2,1H3. The highest BCUT2D eigenvalue weighted by atomic mass is 16.2. The number of aryl methyl sites for hydroxylation is 1. The number of rotatable bonds is 2. The molecule has 2 aromatic rings. The van der Waals surface area contributed by atoms with E-state index in [0.29, 0.717) is 18.8 Å². The highest BCUT2D eigenvalue weighted by Gasteiger charge is 2.27. The van der Waals surface area contributed by atoms with Gasteiger partial charge in [0, 0.05) is 24.3 Å². The molecule has 0 aromatic heterocycles. The number of carbonyl (C=O) groups excluding carboxylic acids is 1. The molecule has 0 spiro atoms. The van der Waals surface area contributed by atoms with Crippen LogP contribution in [0.4, 0.5) is 5.69 Å². The Bertz CT molecular complexity index is 649. The molecular formula is C16H16N2O. The minimum absolute atomic E-state index is 0.0746. The van der Waals surface area contributed by atoms with Crippen LogP contribution >= 0.6 is 0 Å². The molecule has 0 saturated heterocycles. The zero-order valence-electron chi connectivity index (χ0n) is 10.9. The van der Waals surface area contributed by atoms with E-state index in [1.807, 2.05) is 29.2 Å². The normalized spacial score (nSPS) is 13.7. The van der Waals surface area contributed by atoms with Gasteiger partial charge in [0.2, 0.25) is 0 Å². The van der Waals surface area contributed by atoms with E-state index in [1.54, 1.807) is 6.07 Å². The van der Waals surface area contributed by atoms with Gasteiger partial charge in [0.15, 0.2) is 0 Å². The van der Waals surface area contributed by atoms with Gasteiger partial charge in [-0.15, -0.1) is 0 Å². The first-order chi connectivity index (χ1) is 9.15. The Morgan fingerprint density at radius 2 is 2.00 bits per heavy atom. The van der Waals surface area contributed by atoms with Crippen LogP contribution < -0.4 is 5.73 Å². The van der Waals surface area contributed by atoms with Crippen LogP contribution in [0.5, 0.6) is 0 Å². The minimum Gasteiger partial charge on any atom is -0.399 e. The number of anilines is 1. The summed E-state index contributed by atoms with van der Waals surface area (Å²) >= 11 is 0. The van der Waals surface area contributed by atoms with Crippen LogP contribution in [0.3, 0.4) is 0 Å². The fourth-order valence-electron chi connectivity index (χ4n) is 2.50. The van der Waals surface area contributed by atoms with Gasteiger partial charge in [-0.2, -0.15) is 0 Å². The maximum Gasteiger partial charge on any atom is 0.254 e. The van der Waals surface area contributed by atoms with Crippen LogP contribution in [0.15, 0.2) is 42.5 Å². The molecule has 0 fully saturated rings. The summed E-state index contributed by atoms with van der Waals surface area (Å²) in [6.45, 7) is 3.39. The summed E-state index contributed by atoms with van der Waals surface area (Å²) in [5.41, 5.74) is 10.6. The fourth-order valence-corrected chi connectivity index (χ4v) is 2.50. The van der Waals surface area contributed by atoms with Gasteiger partial charge in [0.25, 0.3) is 5.91 Å². The van der Waals surface area contributed by atoms with Crippen LogP contribution in [0.2, 0.25) is 0 Å². The van der Waals surface area contributed by atoms with Gasteiger partial charge >= 0.3 is 0 Å². The van der Waals surface area contributed by atoms with Crippen molar-refractivity contribution < 1.29 is 4.79 Å². The molecule has 2 aromatic carbocycles. The van der Waals surface area contributed by atoms with Crippen molar-refractivity contribution >= 4 is 11.6 Å². The second kappa shape index (κ2) is 4.43. The monoisotopic (exact) mass is 252 g/mol. The third-order valence-corrected chi connectivity index (χ3v) is 3.64. The second-order valence-electron chi connectivity index (χ2n) is 5.00. The molecule has 3 nitrogen and oxygen atoms in total. The van der Waals surface area contributed by atoms with Crippen molar-refractivity contribution in [3.63, 3.8) is 0 Å². The van der Waals surface area contributed by atoms with Crippen molar-refractivity contribution in [1.82, 2.24) is 4.90 Å². The molecule has 0 unspecified atom stereocenters. The van der Waals surface area contributed by atoms with Gasteiger partial charge in [-0.25, -0.2) is 0 Å². The number of nitrogens with zero attached hydrogens (tertiary/aromatic N) is 1. The van der Waals surface area contributed by atoms with Gasteiger partial charge in [-0.05, 0) is 35.7 Å². The van der Waals surface area contributed by atoms with Crippen LogP contribution in [0.25, 0.3) is 0 Å². The molecular weight excluding hydrogens is 236 g/mol. The largest absolute Gasteiger partial charge is 0.399 e. The number of benzene rings is 2. The van der Waals surface area contributed by atoms with E-state index in [-0.39, 0.29) is 5.91 Å². The van der Waals surface area contributed by atoms with E-state index in [2.05, 4.69) is 19.1 Å². The highest BCUT2D eigenvalue weighted by molar-refractivity contribution is 5.99. The van der Waals surface area contributed by atoms with Crippen molar-refractivity contribution in [1.29, 1.82) is 0 Å². The summed E-state index contributed by atoms with van der Waals surface area (Å²) in [7, 11) is 0. The van der Waals surface area contributed by atoms with E-state index in [0.717, 1.165) is 11.1 Å². The average molecular weight is 252 g/mol. The Morgan fingerprint density at radius 1 is 1.21 bits per heavy atom. The number of nitrogen functional groups attached to an aromatic ring is 1. The third kappa shape index (κ3) is 2.08. The molecule has 0 radical (unpaired) electrons. The molecule has 2 N–H and O–H groups in total. The molecule has 0 bridgehead atoms. The summed E-state index contributed by atoms with van der Waals surface area (Å²) in [5, 5.41) is 0. The zero-order chi connectivity index (χ0) is 13.4. The lowest BCUT2D eigenvalue weighted by molar-refractivity contribution is 0.0766. The SMILES string of the molecule is Cc1ccccc1CN1Cc2ccc(N)cc2C1=O. The lowest BCUT2D eigenvalue weighted by atomic mass is 10.1. The quantitative estimate of drug-likeness (QED) is 0.835. The molecule has 19 heavy (non-hydrogen) atoms. The van der Waals surface area contributed by atoms with Crippen molar-refractivity contribution in [2.45, 2.75) is 20.0 Å². The summed E-state index contributed by atoms with van der Waals surface area (Å²) < 4.78 is 0. The highest BCUT2D eigenvalue weighted by Crippen LogP contribution is 2.26. The van der Waals surface area contributed by atoms with Crippen molar-refractivity contribution in [2.24, 2.45) is 0 Å². The fraction of sp³-hybridized carbons (Fsp3) is 0.188. The topological polar surface area (TPSA) is 46.3 Å². The summed E-state index contributed by atoms with van der Waals surface area (Å²) in [5.74, 6) is 0.0746. The molecule has 3 rings (SSSR count). The molecule has 0 aliphatic carbocycles. The molecule has 1 aliphatic heterocycles. The third-order valence-electron chi connectivity index (χ3n) is 3.64. The number of fused-ring (bicyclic) bond motifs is 1. The minimum atomic E-state index is 0.0746. The number of hydrogen-bond donors (Lipinski definition) is 1. The maximum absolute atomic E-state index is 12.3. The molecule has 1 aliphatic rings. The molecule has 0 saturated carbocycles. The summed E-state index contributed by atoms with van der Waals surface area (Å²) in [6.07, 6.45) is 0. The first-order valence-electron chi connectivity index (χ1n) is 6.37. The predicted molar refractivity (Wildman–Crippen MR) is 75.6 cm³/mol. The molecule has 96 valence electrons. The van der Waals surface area contributed by atoms with Crippen LogP contribution in [-0.2, 0) is 13.1 Å². The Balaban J connectivity index is 1.87. The molecule has 0 atom stereocenters. The lowest BCUT2D eigenvalue weighted by Gasteiger charge is -2.17. The lowest BCUT2D eigenvalue weighted by Crippen LogP contribution is -2.23. The number of carbonyl (C=O) groups is 1. The Hall–Kier alpha value is -2.29. The van der Waals surface area contributed by atoms with Crippen molar-refractivity contribution in [3.05, 3.63) is 64.7 Å². The molecule has 3 heteroatoms. The van der Waals surface area contributed by atoms with Crippen LogP contribution in [-0.4, -0.2) is 10.8 Å². The number of nitrogens with two attached hydrogens (primary N) is 1. The van der Waals surface area contributed by atoms with Gasteiger partial charge in [-0.3, -0.25) is 4.79 Å². The van der Waals surface area contributed by atoms with Crippen molar-refractivity contribution in [3.8, 4) is 0 Å². The van der Waals surface area contributed by atoms with Crippen LogP contribution in [0.1, 0.15) is 27.0 Å². The first kappa shape index (κ1) is 11.8. The van der Waals surface area contributed by atoms with E-state index < -0.39 is 0 Å². The van der Waals surface area contributed by atoms with Crippen LogP contribution in [0, 0.1) is 6.92 Å². The second-order valence-corrected chi connectivity index (χ2v) is 5.00. The van der Waals surface area contributed by atoms with Gasteiger partial charge in [-0.1, -0.05) is 30.3 Å². The Kier molecular flexibility index (Phi) is 2.75. The van der Waals surface area contributed by atoms with E-state index in [9.17, 15) is 4.79 Å². The average Bonchev–Trinajstić information content (AvgIpc) is 2.70.